The molecule has 1 aromatic carbocycles. The van der Waals surface area contributed by atoms with Crippen molar-refractivity contribution in [3.8, 4) is 11.1 Å². The molecule has 194 valence electrons. The van der Waals surface area contributed by atoms with Gasteiger partial charge in [0.2, 0.25) is 0 Å². The zero-order chi connectivity index (χ0) is 27.0. The summed E-state index contributed by atoms with van der Waals surface area (Å²) in [6.07, 6.45) is -3.98. The largest absolute Gasteiger partial charge is 0.490 e. The predicted octanol–water partition coefficient (Wildman–Crippen LogP) is 2.68. The molecule has 0 saturated carbocycles. The standard InChI is InChI=1S/C20H21F2N5O2.C2HF3O2/c1-2-25-9-5-8-17(19(25)28)16-7-4-3-6-14(16)11-26-13-24-27(20(26)29)12-15(10-23)18(21)22;3-2(4,5)1(6)7/h3-9,13H,2,10-12,23H2,1H3;(H,6,7). The summed E-state index contributed by atoms with van der Waals surface area (Å²) in [6.45, 7) is 1.85. The lowest BCUT2D eigenvalue weighted by molar-refractivity contribution is -0.192. The van der Waals surface area contributed by atoms with Gasteiger partial charge in [-0.1, -0.05) is 24.3 Å². The lowest BCUT2D eigenvalue weighted by Crippen LogP contribution is -2.27. The van der Waals surface area contributed by atoms with Crippen LogP contribution in [0, 0.1) is 0 Å². The van der Waals surface area contributed by atoms with Crippen molar-refractivity contribution in [1.29, 1.82) is 0 Å². The van der Waals surface area contributed by atoms with E-state index in [1.165, 1.54) is 10.9 Å². The van der Waals surface area contributed by atoms with Gasteiger partial charge in [-0.3, -0.25) is 9.36 Å². The third-order valence-corrected chi connectivity index (χ3v) is 4.90. The molecule has 3 rings (SSSR count). The van der Waals surface area contributed by atoms with Crippen LogP contribution in [0.2, 0.25) is 0 Å². The number of carboxylic acids is 1. The van der Waals surface area contributed by atoms with Gasteiger partial charge >= 0.3 is 17.8 Å². The Hall–Kier alpha value is -4.07. The minimum atomic E-state index is -5.08. The summed E-state index contributed by atoms with van der Waals surface area (Å²) < 4.78 is 61.2. The number of carboxylic acid groups (broad SMARTS) is 1. The molecular weight excluding hydrogens is 493 g/mol. The number of nitrogens with two attached hydrogens (primary N) is 1. The topological polar surface area (TPSA) is 125 Å². The van der Waals surface area contributed by atoms with Crippen LogP contribution in [0.25, 0.3) is 11.1 Å². The Morgan fingerprint density at radius 1 is 1.06 bits per heavy atom. The molecule has 14 heteroatoms. The van der Waals surface area contributed by atoms with E-state index >= 15 is 0 Å². The van der Waals surface area contributed by atoms with Crippen molar-refractivity contribution in [1.82, 2.24) is 18.9 Å². The molecule has 9 nitrogen and oxygen atoms in total. The summed E-state index contributed by atoms with van der Waals surface area (Å²) in [5.41, 5.74) is 6.27. The average Bonchev–Trinajstić information content (AvgIpc) is 3.16. The first-order valence-electron chi connectivity index (χ1n) is 10.3. The second-order valence-electron chi connectivity index (χ2n) is 7.24. The van der Waals surface area contributed by atoms with Gasteiger partial charge in [0, 0.05) is 30.4 Å². The maximum Gasteiger partial charge on any atom is 0.490 e. The van der Waals surface area contributed by atoms with Crippen molar-refractivity contribution in [2.45, 2.75) is 32.7 Å². The maximum atomic E-state index is 12.8. The van der Waals surface area contributed by atoms with E-state index in [4.69, 9.17) is 15.6 Å². The fourth-order valence-corrected chi connectivity index (χ4v) is 3.07. The molecule has 0 bridgehead atoms. The molecule has 0 aliphatic rings. The molecule has 2 aromatic heterocycles. The molecule has 3 N–H and O–H groups in total. The summed E-state index contributed by atoms with van der Waals surface area (Å²) in [6, 6.07) is 10.8. The van der Waals surface area contributed by atoms with Gasteiger partial charge in [0.25, 0.3) is 11.6 Å². The SMILES string of the molecule is CCn1cccc(-c2ccccc2Cn2cnn(CC(CN)=C(F)F)c2=O)c1=O.O=C(O)C(F)(F)F. The second-order valence-corrected chi connectivity index (χ2v) is 7.24. The smallest absolute Gasteiger partial charge is 0.475 e. The molecule has 0 fully saturated rings. The highest BCUT2D eigenvalue weighted by Crippen LogP contribution is 2.21. The third-order valence-electron chi connectivity index (χ3n) is 4.90. The van der Waals surface area contributed by atoms with Gasteiger partial charge in [0.05, 0.1) is 13.1 Å². The molecule has 0 unspecified atom stereocenters. The van der Waals surface area contributed by atoms with Crippen LogP contribution in [-0.4, -0.2) is 42.7 Å². The van der Waals surface area contributed by atoms with E-state index in [1.807, 2.05) is 31.2 Å². The fraction of sp³-hybridized carbons (Fsp3) is 0.273. The van der Waals surface area contributed by atoms with Gasteiger partial charge in [-0.05, 0) is 30.2 Å². The highest BCUT2D eigenvalue weighted by atomic mass is 19.4. The number of benzene rings is 1. The molecule has 36 heavy (non-hydrogen) atoms. The van der Waals surface area contributed by atoms with E-state index in [9.17, 15) is 31.5 Å². The number of aryl methyl sites for hydroxylation is 1. The van der Waals surface area contributed by atoms with E-state index in [1.54, 1.807) is 22.9 Å². The zero-order valence-corrected chi connectivity index (χ0v) is 18.9. The van der Waals surface area contributed by atoms with Gasteiger partial charge < -0.3 is 15.4 Å². The van der Waals surface area contributed by atoms with Crippen LogP contribution in [0.1, 0.15) is 12.5 Å². The Labute approximate surface area is 200 Å². The summed E-state index contributed by atoms with van der Waals surface area (Å²) in [4.78, 5) is 34.1. The molecule has 3 aromatic rings. The van der Waals surface area contributed by atoms with Crippen molar-refractivity contribution in [3.63, 3.8) is 0 Å². The lowest BCUT2D eigenvalue weighted by atomic mass is 10.0. The summed E-state index contributed by atoms with van der Waals surface area (Å²) in [5.74, 6) is -2.76. The minimum Gasteiger partial charge on any atom is -0.475 e. The van der Waals surface area contributed by atoms with Crippen LogP contribution < -0.4 is 17.0 Å². The number of hydrogen-bond acceptors (Lipinski definition) is 5. The number of rotatable bonds is 7. The van der Waals surface area contributed by atoms with Gasteiger partial charge in [-0.2, -0.15) is 27.1 Å². The van der Waals surface area contributed by atoms with Gasteiger partial charge in [0.15, 0.2) is 0 Å². The van der Waals surface area contributed by atoms with Gasteiger partial charge in [-0.25, -0.2) is 14.3 Å². The molecule has 0 aliphatic carbocycles. The Morgan fingerprint density at radius 3 is 2.22 bits per heavy atom. The number of carbonyl (C=O) groups is 1. The highest BCUT2D eigenvalue weighted by Gasteiger charge is 2.38. The van der Waals surface area contributed by atoms with Crippen LogP contribution in [0.15, 0.2) is 70.2 Å². The Balaban J connectivity index is 0.000000572. The van der Waals surface area contributed by atoms with Crippen LogP contribution in [-0.2, 0) is 24.4 Å². The normalized spacial score (nSPS) is 11.0. The van der Waals surface area contributed by atoms with Crippen LogP contribution in [0.3, 0.4) is 0 Å². The van der Waals surface area contributed by atoms with E-state index in [-0.39, 0.29) is 30.8 Å². The summed E-state index contributed by atoms with van der Waals surface area (Å²) >= 11 is 0. The Kier molecular flexibility index (Phi) is 9.44. The average molecular weight is 515 g/mol. The van der Waals surface area contributed by atoms with Crippen molar-refractivity contribution >= 4 is 5.97 Å². The van der Waals surface area contributed by atoms with E-state index in [0.29, 0.717) is 17.7 Å². The van der Waals surface area contributed by atoms with Crippen molar-refractivity contribution in [3.05, 3.63) is 87.0 Å². The van der Waals surface area contributed by atoms with Gasteiger partial charge in [-0.15, -0.1) is 0 Å². The first-order chi connectivity index (χ1) is 16.9. The van der Waals surface area contributed by atoms with Crippen molar-refractivity contribution < 1.29 is 31.9 Å². The summed E-state index contributed by atoms with van der Waals surface area (Å²) in [5, 5.41) is 11.0. The Bertz CT molecular complexity index is 1350. The minimum absolute atomic E-state index is 0.123. The second kappa shape index (κ2) is 12.1. The number of halogens is 5. The highest BCUT2D eigenvalue weighted by molar-refractivity contribution is 5.73. The maximum absolute atomic E-state index is 12.8. The van der Waals surface area contributed by atoms with Crippen LogP contribution in [0.4, 0.5) is 22.0 Å². The monoisotopic (exact) mass is 515 g/mol. The van der Waals surface area contributed by atoms with Crippen molar-refractivity contribution in [2.75, 3.05) is 6.54 Å². The molecule has 0 spiro atoms. The number of aliphatic carboxylic acids is 1. The first-order valence-corrected chi connectivity index (χ1v) is 10.3. The van der Waals surface area contributed by atoms with Crippen molar-refractivity contribution in [2.24, 2.45) is 5.73 Å². The van der Waals surface area contributed by atoms with E-state index in [2.05, 4.69) is 5.10 Å². The molecule has 0 amide bonds. The van der Waals surface area contributed by atoms with E-state index < -0.39 is 23.9 Å². The molecule has 0 atom stereocenters. The number of alkyl halides is 3. The predicted molar refractivity (Wildman–Crippen MR) is 119 cm³/mol. The summed E-state index contributed by atoms with van der Waals surface area (Å²) in [7, 11) is 0. The number of pyridine rings is 1. The third kappa shape index (κ3) is 6.97. The molecule has 0 radical (unpaired) electrons. The zero-order valence-electron chi connectivity index (χ0n) is 18.9. The van der Waals surface area contributed by atoms with E-state index in [0.717, 1.165) is 10.2 Å². The molecular formula is C22H22F5N5O4. The first kappa shape index (κ1) is 28.2. The number of aromatic nitrogens is 4. The van der Waals surface area contributed by atoms with Crippen LogP contribution >= 0.6 is 0 Å². The molecule has 2 heterocycles. The number of nitrogens with zero attached hydrogens (tertiary/aromatic N) is 4. The lowest BCUT2D eigenvalue weighted by Gasteiger charge is -2.11. The fourth-order valence-electron chi connectivity index (χ4n) is 3.07. The molecule has 0 saturated heterocycles. The van der Waals surface area contributed by atoms with Gasteiger partial charge in [0.1, 0.15) is 6.33 Å². The number of hydrogen-bond donors (Lipinski definition) is 2. The quantitative estimate of drug-likeness (QED) is 0.466. The Morgan fingerprint density at radius 2 is 1.67 bits per heavy atom. The van der Waals surface area contributed by atoms with Crippen LogP contribution in [0.5, 0.6) is 0 Å². The molecule has 0 aliphatic heterocycles.